The molecule has 3 aromatic carbocycles. The summed E-state index contributed by atoms with van der Waals surface area (Å²) < 4.78 is 11.6. The summed E-state index contributed by atoms with van der Waals surface area (Å²) in [7, 11) is 1.60. The van der Waals surface area contributed by atoms with Crippen molar-refractivity contribution in [1.82, 2.24) is 9.88 Å². The fourth-order valence-electron chi connectivity index (χ4n) is 3.79. The quantitative estimate of drug-likeness (QED) is 0.229. The van der Waals surface area contributed by atoms with Gasteiger partial charge in [-0.05, 0) is 47.5 Å². The van der Waals surface area contributed by atoms with E-state index in [0.717, 1.165) is 16.8 Å². The lowest BCUT2D eigenvalue weighted by molar-refractivity contribution is 0.0745. The standard InChI is InChI=1S/C29H26Cl2N2O3/c1-35-27-18-22(13-14-26(27)36-20-21-8-3-2-4-9-21)19-33(17-15-23-10-5-6-16-32-23)29(34)28-24(30)11-7-12-25(28)31/h2-14,16,18H,15,17,19-20H2,1H3. The van der Waals surface area contributed by atoms with Gasteiger partial charge in [-0.1, -0.05) is 71.7 Å². The highest BCUT2D eigenvalue weighted by Gasteiger charge is 2.22. The maximum absolute atomic E-state index is 13.6. The van der Waals surface area contributed by atoms with Crippen molar-refractivity contribution in [2.24, 2.45) is 0 Å². The number of ether oxygens (including phenoxy) is 2. The summed E-state index contributed by atoms with van der Waals surface area (Å²) >= 11 is 12.7. The first kappa shape index (κ1) is 25.5. The summed E-state index contributed by atoms with van der Waals surface area (Å²) in [5.41, 5.74) is 3.13. The highest BCUT2D eigenvalue weighted by Crippen LogP contribution is 2.31. The molecule has 1 heterocycles. The molecule has 4 rings (SSSR count). The van der Waals surface area contributed by atoms with Crippen LogP contribution in [0.3, 0.4) is 0 Å². The average Bonchev–Trinajstić information content (AvgIpc) is 2.91. The molecule has 1 amide bonds. The molecule has 0 fully saturated rings. The molecule has 0 spiro atoms. The molecule has 4 aromatic rings. The van der Waals surface area contributed by atoms with Crippen LogP contribution < -0.4 is 9.47 Å². The topological polar surface area (TPSA) is 51.7 Å². The molecule has 0 saturated carbocycles. The summed E-state index contributed by atoms with van der Waals surface area (Å²) in [5, 5.41) is 0.634. The number of hydrogen-bond donors (Lipinski definition) is 0. The highest BCUT2D eigenvalue weighted by atomic mass is 35.5. The van der Waals surface area contributed by atoms with Gasteiger partial charge in [-0.15, -0.1) is 0 Å². The van der Waals surface area contributed by atoms with E-state index in [-0.39, 0.29) is 11.5 Å². The minimum Gasteiger partial charge on any atom is -0.493 e. The first-order valence-corrected chi connectivity index (χ1v) is 12.3. The van der Waals surface area contributed by atoms with Crippen molar-refractivity contribution in [1.29, 1.82) is 0 Å². The van der Waals surface area contributed by atoms with Crippen LogP contribution in [0.2, 0.25) is 10.0 Å². The number of nitrogens with zero attached hydrogens (tertiary/aromatic N) is 2. The largest absolute Gasteiger partial charge is 0.493 e. The molecule has 184 valence electrons. The smallest absolute Gasteiger partial charge is 0.257 e. The SMILES string of the molecule is COc1cc(CN(CCc2ccccn2)C(=O)c2c(Cl)cccc2Cl)ccc1OCc1ccccc1. The van der Waals surface area contributed by atoms with Crippen molar-refractivity contribution in [3.63, 3.8) is 0 Å². The summed E-state index contributed by atoms with van der Waals surface area (Å²) in [5.74, 6) is 0.979. The van der Waals surface area contributed by atoms with Gasteiger partial charge in [-0.25, -0.2) is 0 Å². The zero-order valence-electron chi connectivity index (χ0n) is 19.9. The Morgan fingerprint density at radius 3 is 2.31 bits per heavy atom. The normalized spacial score (nSPS) is 10.6. The van der Waals surface area contributed by atoms with Gasteiger partial charge in [0.15, 0.2) is 11.5 Å². The molecule has 0 bridgehead atoms. The maximum atomic E-state index is 13.6. The fourth-order valence-corrected chi connectivity index (χ4v) is 4.35. The lowest BCUT2D eigenvalue weighted by Crippen LogP contribution is -2.33. The minimum absolute atomic E-state index is 0.245. The molecule has 36 heavy (non-hydrogen) atoms. The van der Waals surface area contributed by atoms with Gasteiger partial charge in [0.25, 0.3) is 5.91 Å². The molecule has 1 aromatic heterocycles. The van der Waals surface area contributed by atoms with E-state index in [1.807, 2.05) is 66.7 Å². The third-order valence-electron chi connectivity index (χ3n) is 5.67. The van der Waals surface area contributed by atoms with E-state index in [9.17, 15) is 4.79 Å². The Labute approximate surface area is 221 Å². The van der Waals surface area contributed by atoms with Crippen LogP contribution in [-0.4, -0.2) is 29.4 Å². The fraction of sp³-hybridized carbons (Fsp3) is 0.172. The number of pyridine rings is 1. The summed E-state index contributed by atoms with van der Waals surface area (Å²) in [6.45, 7) is 1.20. The van der Waals surface area contributed by atoms with Crippen molar-refractivity contribution in [2.45, 2.75) is 19.6 Å². The molecule has 0 aliphatic heterocycles. The molecule has 0 saturated heterocycles. The van der Waals surface area contributed by atoms with Gasteiger partial charge in [-0.3, -0.25) is 9.78 Å². The average molecular weight is 521 g/mol. The molecule has 5 nitrogen and oxygen atoms in total. The van der Waals surface area contributed by atoms with Crippen LogP contribution in [0, 0.1) is 0 Å². The van der Waals surface area contributed by atoms with Crippen molar-refractivity contribution < 1.29 is 14.3 Å². The number of rotatable bonds is 10. The number of hydrogen-bond acceptors (Lipinski definition) is 4. The van der Waals surface area contributed by atoms with Crippen LogP contribution in [0.15, 0.2) is 91.1 Å². The van der Waals surface area contributed by atoms with Crippen molar-refractivity contribution >= 4 is 29.1 Å². The number of aromatic nitrogens is 1. The van der Waals surface area contributed by atoms with Crippen LogP contribution in [0.25, 0.3) is 0 Å². The number of methoxy groups -OCH3 is 1. The second-order valence-electron chi connectivity index (χ2n) is 8.15. The Hall–Kier alpha value is -3.54. The Morgan fingerprint density at radius 2 is 1.61 bits per heavy atom. The summed E-state index contributed by atoms with van der Waals surface area (Å²) in [6.07, 6.45) is 2.33. The van der Waals surface area contributed by atoms with Gasteiger partial charge in [0, 0.05) is 31.4 Å². The lowest BCUT2D eigenvalue weighted by atomic mass is 10.1. The van der Waals surface area contributed by atoms with Gasteiger partial charge in [0.1, 0.15) is 6.61 Å². The Bertz CT molecular complexity index is 1280. The molecule has 0 aliphatic rings. The number of amides is 1. The molecule has 0 aliphatic carbocycles. The number of benzene rings is 3. The first-order chi connectivity index (χ1) is 17.5. The summed E-state index contributed by atoms with van der Waals surface area (Å²) in [6, 6.07) is 26.4. The third-order valence-corrected chi connectivity index (χ3v) is 6.30. The van der Waals surface area contributed by atoms with E-state index in [2.05, 4.69) is 4.98 Å². The summed E-state index contributed by atoms with van der Waals surface area (Å²) in [4.78, 5) is 19.7. The Morgan fingerprint density at radius 1 is 0.861 bits per heavy atom. The Kier molecular flexibility index (Phi) is 8.82. The minimum atomic E-state index is -0.245. The zero-order chi connectivity index (χ0) is 25.3. The van der Waals surface area contributed by atoms with Gasteiger partial charge in [-0.2, -0.15) is 0 Å². The maximum Gasteiger partial charge on any atom is 0.257 e. The zero-order valence-corrected chi connectivity index (χ0v) is 21.4. The van der Waals surface area contributed by atoms with Gasteiger partial charge >= 0.3 is 0 Å². The molecule has 7 heteroatoms. The van der Waals surface area contributed by atoms with Gasteiger partial charge < -0.3 is 14.4 Å². The predicted molar refractivity (Wildman–Crippen MR) is 143 cm³/mol. The highest BCUT2D eigenvalue weighted by molar-refractivity contribution is 6.39. The predicted octanol–water partition coefficient (Wildman–Crippen LogP) is 6.86. The monoisotopic (exact) mass is 520 g/mol. The van der Waals surface area contributed by atoms with Gasteiger partial charge in [0.2, 0.25) is 0 Å². The molecule has 0 unspecified atom stereocenters. The van der Waals surface area contributed by atoms with Crippen LogP contribution >= 0.6 is 23.2 Å². The van der Waals surface area contributed by atoms with E-state index < -0.39 is 0 Å². The second-order valence-corrected chi connectivity index (χ2v) is 8.97. The van der Waals surface area contributed by atoms with Crippen LogP contribution in [0.1, 0.15) is 27.2 Å². The Balaban J connectivity index is 1.55. The first-order valence-electron chi connectivity index (χ1n) is 11.5. The van der Waals surface area contributed by atoms with Gasteiger partial charge in [0.05, 0.1) is 22.7 Å². The molecule has 0 N–H and O–H groups in total. The lowest BCUT2D eigenvalue weighted by Gasteiger charge is -2.24. The second kappa shape index (κ2) is 12.4. The molecule has 0 radical (unpaired) electrons. The van der Waals surface area contributed by atoms with Crippen LogP contribution in [0.4, 0.5) is 0 Å². The van der Waals surface area contributed by atoms with Crippen molar-refractivity contribution in [2.75, 3.05) is 13.7 Å². The van der Waals surface area contributed by atoms with E-state index >= 15 is 0 Å². The number of carbonyl (C=O) groups is 1. The van der Waals surface area contributed by atoms with Crippen LogP contribution in [0.5, 0.6) is 11.5 Å². The van der Waals surface area contributed by atoms with E-state index in [4.69, 9.17) is 32.7 Å². The van der Waals surface area contributed by atoms with Crippen LogP contribution in [-0.2, 0) is 19.6 Å². The number of halogens is 2. The number of carbonyl (C=O) groups excluding carboxylic acids is 1. The van der Waals surface area contributed by atoms with Crippen molar-refractivity contribution in [3.05, 3.63) is 124 Å². The van der Waals surface area contributed by atoms with E-state index in [1.54, 1.807) is 36.4 Å². The molecular formula is C29H26Cl2N2O3. The van der Waals surface area contributed by atoms with Crippen molar-refractivity contribution in [3.8, 4) is 11.5 Å². The van der Waals surface area contributed by atoms with E-state index in [1.165, 1.54) is 0 Å². The molecular weight excluding hydrogens is 495 g/mol. The van der Waals surface area contributed by atoms with E-state index in [0.29, 0.717) is 47.7 Å². The third kappa shape index (κ3) is 6.56. The molecule has 0 atom stereocenters.